The molecule has 3 heteroatoms. The Hall–Kier alpha value is -0.410. The van der Waals surface area contributed by atoms with Gasteiger partial charge >= 0.3 is 0 Å². The van der Waals surface area contributed by atoms with Crippen LogP contribution in [0.2, 0.25) is 0 Å². The standard InChI is InChI=1S/C9H15NOS/c1-6(2)7(3)9-10-4-8(5-11)12-9/h4,6-7,11H,5H2,1-3H3. The SMILES string of the molecule is CC(C)C(C)c1ncc(CO)s1. The van der Waals surface area contributed by atoms with E-state index in [4.69, 9.17) is 5.11 Å². The highest BCUT2D eigenvalue weighted by molar-refractivity contribution is 7.11. The fourth-order valence-electron chi connectivity index (χ4n) is 0.891. The van der Waals surface area contributed by atoms with E-state index in [2.05, 4.69) is 25.8 Å². The molecule has 1 aromatic heterocycles. The van der Waals surface area contributed by atoms with Crippen LogP contribution in [0.15, 0.2) is 6.20 Å². The molecule has 1 unspecified atom stereocenters. The molecule has 12 heavy (non-hydrogen) atoms. The first kappa shape index (κ1) is 9.68. The molecule has 0 aromatic carbocycles. The highest BCUT2D eigenvalue weighted by Gasteiger charge is 2.13. The molecule has 1 aromatic rings. The Morgan fingerprint density at radius 2 is 2.17 bits per heavy atom. The van der Waals surface area contributed by atoms with Crippen LogP contribution in [0.4, 0.5) is 0 Å². The summed E-state index contributed by atoms with van der Waals surface area (Å²) in [5.41, 5.74) is 0. The fraction of sp³-hybridized carbons (Fsp3) is 0.667. The summed E-state index contributed by atoms with van der Waals surface area (Å²) in [4.78, 5) is 5.22. The van der Waals surface area contributed by atoms with Gasteiger partial charge < -0.3 is 5.11 Å². The predicted octanol–water partition coefficient (Wildman–Crippen LogP) is 2.39. The molecule has 0 radical (unpaired) electrons. The fourth-order valence-corrected chi connectivity index (χ4v) is 1.89. The Labute approximate surface area is 77.3 Å². The van der Waals surface area contributed by atoms with Gasteiger partial charge in [0.05, 0.1) is 16.5 Å². The molecule has 2 nitrogen and oxygen atoms in total. The van der Waals surface area contributed by atoms with Crippen LogP contribution in [0.1, 0.15) is 36.6 Å². The molecule has 1 rings (SSSR count). The summed E-state index contributed by atoms with van der Waals surface area (Å²) in [5, 5.41) is 9.98. The lowest BCUT2D eigenvalue weighted by Crippen LogP contribution is -2.00. The van der Waals surface area contributed by atoms with Crippen molar-refractivity contribution in [3.05, 3.63) is 16.1 Å². The molecule has 0 amide bonds. The van der Waals surface area contributed by atoms with Gasteiger partial charge in [-0.05, 0) is 5.92 Å². The van der Waals surface area contributed by atoms with Crippen LogP contribution >= 0.6 is 11.3 Å². The zero-order chi connectivity index (χ0) is 9.14. The molecule has 1 heterocycles. The van der Waals surface area contributed by atoms with Crippen molar-refractivity contribution in [3.8, 4) is 0 Å². The lowest BCUT2D eigenvalue weighted by molar-refractivity contribution is 0.285. The number of thiazole rings is 1. The maximum Gasteiger partial charge on any atom is 0.0959 e. The van der Waals surface area contributed by atoms with E-state index < -0.39 is 0 Å². The smallest absolute Gasteiger partial charge is 0.0959 e. The quantitative estimate of drug-likeness (QED) is 0.784. The van der Waals surface area contributed by atoms with Gasteiger partial charge in [-0.1, -0.05) is 20.8 Å². The molecule has 0 fully saturated rings. The number of aromatic nitrogens is 1. The summed E-state index contributed by atoms with van der Waals surface area (Å²) >= 11 is 1.61. The van der Waals surface area contributed by atoms with Gasteiger partial charge in [0.2, 0.25) is 0 Å². The van der Waals surface area contributed by atoms with Crippen molar-refractivity contribution < 1.29 is 5.11 Å². The predicted molar refractivity (Wildman–Crippen MR) is 51.3 cm³/mol. The van der Waals surface area contributed by atoms with Crippen molar-refractivity contribution in [1.29, 1.82) is 0 Å². The highest BCUT2D eigenvalue weighted by Crippen LogP contribution is 2.27. The number of rotatable bonds is 3. The van der Waals surface area contributed by atoms with Gasteiger partial charge in [0, 0.05) is 12.1 Å². The zero-order valence-electron chi connectivity index (χ0n) is 7.74. The molecule has 1 N–H and O–H groups in total. The topological polar surface area (TPSA) is 33.1 Å². The third-order valence-electron chi connectivity index (χ3n) is 2.12. The van der Waals surface area contributed by atoms with Crippen LogP contribution in [-0.2, 0) is 6.61 Å². The molecule has 0 bridgehead atoms. The molecule has 0 spiro atoms. The van der Waals surface area contributed by atoms with Crippen molar-refractivity contribution in [2.75, 3.05) is 0 Å². The van der Waals surface area contributed by atoms with Crippen molar-refractivity contribution in [1.82, 2.24) is 4.98 Å². The van der Waals surface area contributed by atoms with Crippen molar-refractivity contribution >= 4 is 11.3 Å². The summed E-state index contributed by atoms with van der Waals surface area (Å²) in [6.07, 6.45) is 1.76. The first-order valence-corrected chi connectivity index (χ1v) is 5.02. The Balaban J connectivity index is 2.74. The van der Waals surface area contributed by atoms with Gasteiger partial charge in [-0.3, -0.25) is 0 Å². The Morgan fingerprint density at radius 3 is 2.58 bits per heavy atom. The van der Waals surface area contributed by atoms with Gasteiger partial charge in [0.1, 0.15) is 0 Å². The number of aliphatic hydroxyl groups excluding tert-OH is 1. The third kappa shape index (κ3) is 2.05. The maximum atomic E-state index is 8.84. The minimum absolute atomic E-state index is 0.114. The number of nitrogens with zero attached hydrogens (tertiary/aromatic N) is 1. The van der Waals surface area contributed by atoms with Crippen LogP contribution in [-0.4, -0.2) is 10.1 Å². The van der Waals surface area contributed by atoms with Crippen LogP contribution in [0.3, 0.4) is 0 Å². The van der Waals surface area contributed by atoms with Crippen molar-refractivity contribution in [2.24, 2.45) is 5.92 Å². The Bertz CT molecular complexity index is 244. The summed E-state index contributed by atoms with van der Waals surface area (Å²) in [7, 11) is 0. The van der Waals surface area contributed by atoms with E-state index in [9.17, 15) is 0 Å². The molecule has 0 saturated carbocycles. The molecular formula is C9H15NOS. The molecule has 0 aliphatic heterocycles. The zero-order valence-corrected chi connectivity index (χ0v) is 8.56. The van der Waals surface area contributed by atoms with Crippen LogP contribution < -0.4 is 0 Å². The van der Waals surface area contributed by atoms with E-state index in [0.29, 0.717) is 11.8 Å². The van der Waals surface area contributed by atoms with Gasteiger partial charge in [-0.25, -0.2) is 4.98 Å². The van der Waals surface area contributed by atoms with Gasteiger partial charge in [-0.15, -0.1) is 11.3 Å². The van der Waals surface area contributed by atoms with Gasteiger partial charge in [-0.2, -0.15) is 0 Å². The van der Waals surface area contributed by atoms with Crippen LogP contribution in [0, 0.1) is 5.92 Å². The molecule has 0 aliphatic rings. The summed E-state index contributed by atoms with van der Waals surface area (Å²) < 4.78 is 0. The minimum Gasteiger partial charge on any atom is -0.391 e. The second-order valence-corrected chi connectivity index (χ2v) is 4.50. The second-order valence-electron chi connectivity index (χ2n) is 3.36. The molecule has 0 aliphatic carbocycles. The van der Waals surface area contributed by atoms with Crippen molar-refractivity contribution in [3.63, 3.8) is 0 Å². The van der Waals surface area contributed by atoms with E-state index in [1.807, 2.05) is 0 Å². The highest BCUT2D eigenvalue weighted by atomic mass is 32.1. The normalized spacial score (nSPS) is 13.8. The maximum absolute atomic E-state index is 8.84. The lowest BCUT2D eigenvalue weighted by atomic mass is 9.99. The molecular weight excluding hydrogens is 170 g/mol. The summed E-state index contributed by atoms with van der Waals surface area (Å²) in [6, 6.07) is 0. The van der Waals surface area contributed by atoms with Gasteiger partial charge in [0.15, 0.2) is 0 Å². The van der Waals surface area contributed by atoms with E-state index in [0.717, 1.165) is 9.88 Å². The Morgan fingerprint density at radius 1 is 1.50 bits per heavy atom. The van der Waals surface area contributed by atoms with Crippen molar-refractivity contribution in [2.45, 2.75) is 33.3 Å². The average molecular weight is 185 g/mol. The number of hydrogen-bond acceptors (Lipinski definition) is 3. The molecule has 1 atom stereocenters. The van der Waals surface area contributed by atoms with Crippen LogP contribution in [0.25, 0.3) is 0 Å². The summed E-state index contributed by atoms with van der Waals surface area (Å²) in [5.74, 6) is 1.11. The lowest BCUT2D eigenvalue weighted by Gasteiger charge is -2.11. The van der Waals surface area contributed by atoms with Gasteiger partial charge in [0.25, 0.3) is 0 Å². The van der Waals surface area contributed by atoms with E-state index in [1.54, 1.807) is 17.5 Å². The molecule has 68 valence electrons. The molecule has 0 saturated heterocycles. The van der Waals surface area contributed by atoms with E-state index in [1.165, 1.54) is 0 Å². The first-order chi connectivity index (χ1) is 5.65. The number of hydrogen-bond donors (Lipinski definition) is 1. The second kappa shape index (κ2) is 4.01. The largest absolute Gasteiger partial charge is 0.391 e. The Kier molecular flexibility index (Phi) is 3.23. The number of aliphatic hydroxyl groups is 1. The first-order valence-electron chi connectivity index (χ1n) is 4.20. The average Bonchev–Trinajstić information content (AvgIpc) is 2.50. The van der Waals surface area contributed by atoms with Crippen LogP contribution in [0.5, 0.6) is 0 Å². The monoisotopic (exact) mass is 185 g/mol. The minimum atomic E-state index is 0.114. The summed E-state index contributed by atoms with van der Waals surface area (Å²) in [6.45, 7) is 6.66. The third-order valence-corrected chi connectivity index (χ3v) is 3.30. The van der Waals surface area contributed by atoms with E-state index in [-0.39, 0.29) is 6.61 Å². The van der Waals surface area contributed by atoms with E-state index >= 15 is 0 Å².